The normalized spacial score (nSPS) is 12.8. The van der Waals surface area contributed by atoms with Crippen LogP contribution in [0.15, 0.2) is 0 Å². The summed E-state index contributed by atoms with van der Waals surface area (Å²) in [6.07, 6.45) is 2.50. The molecule has 0 aromatic carbocycles. The Kier molecular flexibility index (Phi) is 11.8. The van der Waals surface area contributed by atoms with Gasteiger partial charge in [-0.3, -0.25) is 0 Å². The van der Waals surface area contributed by atoms with Crippen LogP contribution in [0.1, 0.15) is 26.7 Å². The molecule has 0 aromatic heterocycles. The van der Waals surface area contributed by atoms with Gasteiger partial charge in [0.25, 0.3) is 0 Å². The first-order valence-electron chi connectivity index (χ1n) is 3.98. The molecule has 11 heavy (non-hydrogen) atoms. The zero-order valence-electron chi connectivity index (χ0n) is 7.64. The Labute approximate surface area is 89.4 Å². The van der Waals surface area contributed by atoms with Crippen LogP contribution < -0.4 is 0 Å². The van der Waals surface area contributed by atoms with E-state index >= 15 is 0 Å². The van der Waals surface area contributed by atoms with Crippen molar-refractivity contribution in [3.8, 4) is 0 Å². The molecule has 1 nitrogen and oxygen atoms in total. The van der Waals surface area contributed by atoms with E-state index in [1.54, 1.807) is 0 Å². The van der Waals surface area contributed by atoms with Gasteiger partial charge in [-0.2, -0.15) is 0 Å². The number of hydrogen-bond donors (Lipinski definition) is 0. The molecule has 1 atom stereocenters. The van der Waals surface area contributed by atoms with E-state index < -0.39 is 0 Å². The van der Waals surface area contributed by atoms with Gasteiger partial charge < -0.3 is 4.90 Å². The van der Waals surface area contributed by atoms with Crippen LogP contribution in [-0.4, -0.2) is 29.9 Å². The van der Waals surface area contributed by atoms with Crippen molar-refractivity contribution in [1.29, 1.82) is 0 Å². The maximum Gasteiger partial charge on any atom is 0.00612 e. The molecule has 0 aliphatic rings. The predicted octanol–water partition coefficient (Wildman–Crippen LogP) is 3.08. The van der Waals surface area contributed by atoms with Gasteiger partial charge in [0, 0.05) is 11.4 Å². The molecule has 70 valence electrons. The van der Waals surface area contributed by atoms with Gasteiger partial charge in [0.15, 0.2) is 0 Å². The van der Waals surface area contributed by atoms with Gasteiger partial charge >= 0.3 is 0 Å². The fraction of sp³-hybridized carbons (Fsp3) is 1.00. The molecule has 0 aliphatic carbocycles. The molecule has 0 aromatic rings. The molecule has 0 amide bonds. The number of nitrogens with zero attached hydrogens (tertiary/aromatic N) is 1. The minimum Gasteiger partial charge on any atom is -0.304 e. The average molecular weight is 289 g/mol. The number of alkyl halides is 1. The van der Waals surface area contributed by atoms with Crippen molar-refractivity contribution in [1.82, 2.24) is 4.90 Å². The van der Waals surface area contributed by atoms with Gasteiger partial charge in [0.2, 0.25) is 0 Å². The van der Waals surface area contributed by atoms with Crippen molar-refractivity contribution < 1.29 is 0 Å². The summed E-state index contributed by atoms with van der Waals surface area (Å²) < 4.78 is 0. The van der Waals surface area contributed by atoms with Crippen LogP contribution in [0, 0.1) is 0 Å². The third-order valence-corrected chi connectivity index (χ3v) is 2.55. The van der Waals surface area contributed by atoms with Gasteiger partial charge in [-0.05, 0) is 33.4 Å². The summed E-state index contributed by atoms with van der Waals surface area (Å²) in [5.41, 5.74) is 0. The molecule has 0 radical (unpaired) electrons. The first-order valence-corrected chi connectivity index (χ1v) is 5.10. The highest BCUT2D eigenvalue weighted by Crippen LogP contribution is 2.01. The van der Waals surface area contributed by atoms with Crippen LogP contribution >= 0.6 is 32.9 Å². The molecule has 0 saturated heterocycles. The van der Waals surface area contributed by atoms with Gasteiger partial charge in [0.05, 0.1) is 0 Å². The van der Waals surface area contributed by atoms with Crippen molar-refractivity contribution in [2.24, 2.45) is 0 Å². The summed E-state index contributed by atoms with van der Waals surface area (Å²) in [5.74, 6) is 0. The number of halogens is 2. The Bertz CT molecular complexity index is 78.5. The third kappa shape index (κ3) is 7.29. The Morgan fingerprint density at radius 1 is 1.45 bits per heavy atom. The van der Waals surface area contributed by atoms with Gasteiger partial charge in [0.1, 0.15) is 0 Å². The molecule has 0 saturated carbocycles. The van der Waals surface area contributed by atoms with Crippen LogP contribution in [0.25, 0.3) is 0 Å². The zero-order chi connectivity index (χ0) is 7.98. The van der Waals surface area contributed by atoms with Gasteiger partial charge in [-0.1, -0.05) is 22.9 Å². The Morgan fingerprint density at radius 3 is 2.36 bits per heavy atom. The minimum absolute atomic E-state index is 0. The lowest BCUT2D eigenvalue weighted by atomic mass is 10.2. The lowest BCUT2D eigenvalue weighted by Crippen LogP contribution is -2.29. The minimum atomic E-state index is 0. The monoisotopic (exact) mass is 287 g/mol. The van der Waals surface area contributed by atoms with E-state index in [9.17, 15) is 0 Å². The molecule has 0 rings (SSSR count). The second kappa shape index (κ2) is 9.01. The molecule has 0 N–H and O–H groups in total. The first-order chi connectivity index (χ1) is 4.72. The topological polar surface area (TPSA) is 3.24 Å². The van der Waals surface area contributed by atoms with Crippen molar-refractivity contribution >= 4 is 32.9 Å². The highest BCUT2D eigenvalue weighted by atomic mass is 79.9. The fourth-order valence-electron chi connectivity index (χ4n) is 0.841. The molecule has 0 heterocycles. The summed E-state index contributed by atoms with van der Waals surface area (Å²) in [6.45, 7) is 5.71. The maximum atomic E-state index is 3.42. The van der Waals surface area contributed by atoms with Crippen molar-refractivity contribution in [3.05, 3.63) is 0 Å². The highest BCUT2D eigenvalue weighted by Gasteiger charge is 2.04. The zero-order valence-corrected chi connectivity index (χ0v) is 10.9. The summed E-state index contributed by atoms with van der Waals surface area (Å²) in [4.78, 5) is 2.40. The number of rotatable bonds is 5. The van der Waals surface area contributed by atoms with Crippen LogP contribution in [-0.2, 0) is 0 Å². The maximum absolute atomic E-state index is 3.42. The molecule has 0 aliphatic heterocycles. The lowest BCUT2D eigenvalue weighted by Gasteiger charge is -2.22. The highest BCUT2D eigenvalue weighted by molar-refractivity contribution is 9.09. The van der Waals surface area contributed by atoms with Crippen LogP contribution in [0.2, 0.25) is 0 Å². The Hall–Kier alpha value is 0.920. The van der Waals surface area contributed by atoms with E-state index in [1.807, 2.05) is 0 Å². The van der Waals surface area contributed by atoms with E-state index in [0.29, 0.717) is 0 Å². The molecule has 3 heteroatoms. The van der Waals surface area contributed by atoms with Crippen LogP contribution in [0.5, 0.6) is 0 Å². The summed E-state index contributed by atoms with van der Waals surface area (Å²) >= 11 is 3.42. The lowest BCUT2D eigenvalue weighted by molar-refractivity contribution is 0.253. The van der Waals surface area contributed by atoms with Gasteiger partial charge in [-0.25, -0.2) is 0 Å². The van der Waals surface area contributed by atoms with Crippen molar-refractivity contribution in [2.75, 3.05) is 18.9 Å². The average Bonchev–Trinajstić information content (AvgIpc) is 1.98. The van der Waals surface area contributed by atoms with E-state index in [4.69, 9.17) is 0 Å². The molecular formula is C8H19Br2N. The second-order valence-electron chi connectivity index (χ2n) is 2.78. The Balaban J connectivity index is 0. The van der Waals surface area contributed by atoms with Gasteiger partial charge in [-0.15, -0.1) is 17.0 Å². The Morgan fingerprint density at radius 2 is 2.00 bits per heavy atom. The first kappa shape index (κ1) is 14.4. The molecule has 0 spiro atoms. The molecular weight excluding hydrogens is 270 g/mol. The molecule has 1 unspecified atom stereocenters. The van der Waals surface area contributed by atoms with Crippen LogP contribution in [0.4, 0.5) is 0 Å². The summed E-state index contributed by atoms with van der Waals surface area (Å²) in [7, 11) is 2.19. The smallest absolute Gasteiger partial charge is 0.00612 e. The van der Waals surface area contributed by atoms with E-state index in [0.717, 1.165) is 11.4 Å². The fourth-order valence-corrected chi connectivity index (χ4v) is 1.09. The summed E-state index contributed by atoms with van der Waals surface area (Å²) in [5, 5.41) is 1.12. The van der Waals surface area contributed by atoms with E-state index in [1.165, 1.54) is 19.4 Å². The number of hydrogen-bond acceptors (Lipinski definition) is 1. The SMILES string of the molecule is Br.CCC(C)N(C)CCCBr. The largest absolute Gasteiger partial charge is 0.304 e. The predicted molar refractivity (Wildman–Crippen MR) is 61.1 cm³/mol. The standard InChI is InChI=1S/C8H18BrN.BrH/c1-4-8(2)10(3)7-5-6-9;/h8H,4-7H2,1-3H3;1H. The van der Waals surface area contributed by atoms with Crippen LogP contribution in [0.3, 0.4) is 0 Å². The van der Waals surface area contributed by atoms with E-state index in [-0.39, 0.29) is 17.0 Å². The van der Waals surface area contributed by atoms with E-state index in [2.05, 4.69) is 41.7 Å². The third-order valence-electron chi connectivity index (χ3n) is 1.99. The van der Waals surface area contributed by atoms with Crippen molar-refractivity contribution in [3.63, 3.8) is 0 Å². The molecule has 0 fully saturated rings. The van der Waals surface area contributed by atoms with Crippen molar-refractivity contribution in [2.45, 2.75) is 32.7 Å². The summed E-state index contributed by atoms with van der Waals surface area (Å²) in [6, 6.07) is 0.735. The molecule has 0 bridgehead atoms. The quantitative estimate of drug-likeness (QED) is 0.703. The second-order valence-corrected chi connectivity index (χ2v) is 3.57.